The molecule has 2 aromatic rings. The molecule has 0 unspecified atom stereocenters. The highest BCUT2D eigenvalue weighted by molar-refractivity contribution is 5.88. The molecule has 1 aliphatic heterocycles. The van der Waals surface area contributed by atoms with Crippen molar-refractivity contribution in [2.75, 3.05) is 18.1 Å². The number of nitrogens with zero attached hydrogens (tertiary/aromatic N) is 2. The van der Waals surface area contributed by atoms with E-state index in [1.165, 1.54) is 17.3 Å². The Morgan fingerprint density at radius 1 is 1.35 bits per heavy atom. The highest BCUT2D eigenvalue weighted by Gasteiger charge is 2.19. The molecular formula is C16H18ClN3O3. The molecule has 23 heavy (non-hydrogen) atoms. The number of fused-ring (bicyclic) bond motifs is 1. The van der Waals surface area contributed by atoms with Crippen LogP contribution in [0.1, 0.15) is 28.4 Å². The molecule has 0 saturated heterocycles. The Labute approximate surface area is 139 Å². The number of anilines is 1. The molecule has 1 aromatic heterocycles. The van der Waals surface area contributed by atoms with E-state index in [4.69, 9.17) is 4.74 Å². The van der Waals surface area contributed by atoms with Crippen molar-refractivity contribution in [2.45, 2.75) is 19.9 Å². The smallest absolute Gasteiger partial charge is 0.345 e. The van der Waals surface area contributed by atoms with Crippen molar-refractivity contribution >= 4 is 24.3 Å². The second kappa shape index (κ2) is 7.28. The molecule has 0 saturated carbocycles. The molecular weight excluding hydrogens is 318 g/mol. The van der Waals surface area contributed by atoms with Crippen molar-refractivity contribution in [3.8, 4) is 0 Å². The van der Waals surface area contributed by atoms with Crippen LogP contribution in [0.3, 0.4) is 0 Å². The molecule has 7 heteroatoms. The van der Waals surface area contributed by atoms with Gasteiger partial charge < -0.3 is 9.64 Å². The zero-order valence-corrected chi connectivity index (χ0v) is 13.6. The molecule has 0 aliphatic carbocycles. The molecule has 0 spiro atoms. The van der Waals surface area contributed by atoms with Crippen molar-refractivity contribution < 1.29 is 9.53 Å². The third kappa shape index (κ3) is 3.53. The maximum Gasteiger partial charge on any atom is 0.345 e. The predicted molar refractivity (Wildman–Crippen MR) is 89.3 cm³/mol. The Kier molecular flexibility index (Phi) is 5.39. The number of rotatable bonds is 3. The summed E-state index contributed by atoms with van der Waals surface area (Å²) in [6, 6.07) is 8.23. The summed E-state index contributed by atoms with van der Waals surface area (Å²) in [6.07, 6.45) is 2.19. The van der Waals surface area contributed by atoms with Gasteiger partial charge in [-0.1, -0.05) is 24.3 Å². The van der Waals surface area contributed by atoms with E-state index in [1.807, 2.05) is 17.0 Å². The molecule has 1 aromatic carbocycles. The molecule has 122 valence electrons. The summed E-state index contributed by atoms with van der Waals surface area (Å²) in [6.45, 7) is 3.39. The zero-order chi connectivity index (χ0) is 15.5. The molecule has 0 fully saturated rings. The topological polar surface area (TPSA) is 75.3 Å². The van der Waals surface area contributed by atoms with E-state index in [0.717, 1.165) is 13.0 Å². The van der Waals surface area contributed by atoms with Gasteiger partial charge in [0.1, 0.15) is 5.56 Å². The van der Waals surface area contributed by atoms with Gasteiger partial charge in [-0.25, -0.2) is 9.78 Å². The van der Waals surface area contributed by atoms with E-state index in [0.29, 0.717) is 12.5 Å². The Balaban J connectivity index is 0.00000192. The number of hydrogen-bond donors (Lipinski definition) is 1. The van der Waals surface area contributed by atoms with Gasteiger partial charge in [-0.15, -0.1) is 12.4 Å². The van der Waals surface area contributed by atoms with Gasteiger partial charge in [-0.05, 0) is 24.5 Å². The Bertz CT molecular complexity index is 760. The lowest BCUT2D eigenvalue weighted by Crippen LogP contribution is -2.34. The number of carbonyl (C=O) groups is 1. The molecule has 2 heterocycles. The summed E-state index contributed by atoms with van der Waals surface area (Å²) in [7, 11) is 0. The predicted octanol–water partition coefficient (Wildman–Crippen LogP) is 1.93. The summed E-state index contributed by atoms with van der Waals surface area (Å²) in [5.41, 5.74) is 2.01. The molecule has 3 rings (SSSR count). The number of ether oxygens (including phenoxy) is 1. The Morgan fingerprint density at radius 2 is 2.09 bits per heavy atom. The first-order chi connectivity index (χ1) is 10.7. The van der Waals surface area contributed by atoms with E-state index in [9.17, 15) is 9.59 Å². The van der Waals surface area contributed by atoms with Gasteiger partial charge in [-0.3, -0.25) is 9.78 Å². The van der Waals surface area contributed by atoms with Gasteiger partial charge in [0, 0.05) is 13.1 Å². The fourth-order valence-corrected chi connectivity index (χ4v) is 2.58. The minimum absolute atomic E-state index is 0. The standard InChI is InChI=1S/C16H17N3O3.ClH/c1-2-22-15(21)13-9-17-16(18-14(13)20)19-8-7-11-5-3-4-6-12(11)10-19;/h3-6,9H,2,7-8,10H2,1H3,(H,17,18,20);1H. The fraction of sp³-hybridized carbons (Fsp3) is 0.312. The summed E-state index contributed by atoms with van der Waals surface area (Å²) in [4.78, 5) is 32.5. The minimum atomic E-state index is -0.646. The van der Waals surface area contributed by atoms with Crippen LogP contribution in [0, 0.1) is 0 Å². The summed E-state index contributed by atoms with van der Waals surface area (Å²) in [5.74, 6) is -0.167. The number of benzene rings is 1. The van der Waals surface area contributed by atoms with Crippen LogP contribution in [-0.4, -0.2) is 29.1 Å². The maximum atomic E-state index is 12.0. The van der Waals surface area contributed by atoms with Gasteiger partial charge >= 0.3 is 5.97 Å². The summed E-state index contributed by atoms with van der Waals surface area (Å²) >= 11 is 0. The molecule has 0 amide bonds. The zero-order valence-electron chi connectivity index (χ0n) is 12.7. The number of aromatic nitrogens is 2. The average molecular weight is 336 g/mol. The fourth-order valence-electron chi connectivity index (χ4n) is 2.58. The second-order valence-corrected chi connectivity index (χ2v) is 5.11. The van der Waals surface area contributed by atoms with E-state index in [1.54, 1.807) is 6.92 Å². The van der Waals surface area contributed by atoms with Crippen molar-refractivity contribution in [1.82, 2.24) is 9.97 Å². The normalized spacial score (nSPS) is 13.0. The van der Waals surface area contributed by atoms with Gasteiger partial charge in [0.05, 0.1) is 12.8 Å². The van der Waals surface area contributed by atoms with E-state index >= 15 is 0 Å². The number of nitrogens with one attached hydrogen (secondary N) is 1. The van der Waals surface area contributed by atoms with Crippen molar-refractivity contribution in [3.05, 3.63) is 57.5 Å². The highest BCUT2D eigenvalue weighted by Crippen LogP contribution is 2.21. The largest absolute Gasteiger partial charge is 0.462 e. The third-order valence-corrected chi connectivity index (χ3v) is 3.71. The first-order valence-corrected chi connectivity index (χ1v) is 7.27. The SMILES string of the molecule is CCOC(=O)c1cnc(N2CCc3ccccc3C2)[nH]c1=O.Cl. The average Bonchev–Trinajstić information content (AvgIpc) is 2.54. The highest BCUT2D eigenvalue weighted by atomic mass is 35.5. The number of hydrogen-bond acceptors (Lipinski definition) is 5. The number of aromatic amines is 1. The first kappa shape index (κ1) is 17.0. The number of esters is 1. The van der Waals surface area contributed by atoms with Crippen molar-refractivity contribution in [3.63, 3.8) is 0 Å². The molecule has 0 radical (unpaired) electrons. The van der Waals surface area contributed by atoms with Crippen LogP contribution in [-0.2, 0) is 17.7 Å². The van der Waals surface area contributed by atoms with E-state index < -0.39 is 11.5 Å². The maximum absolute atomic E-state index is 12.0. The van der Waals surface area contributed by atoms with Crippen LogP contribution >= 0.6 is 12.4 Å². The van der Waals surface area contributed by atoms with Crippen LogP contribution in [0.25, 0.3) is 0 Å². The number of H-pyrrole nitrogens is 1. The third-order valence-electron chi connectivity index (χ3n) is 3.71. The summed E-state index contributed by atoms with van der Waals surface area (Å²) in [5, 5.41) is 0. The van der Waals surface area contributed by atoms with Crippen LogP contribution in [0.15, 0.2) is 35.3 Å². The van der Waals surface area contributed by atoms with Crippen LogP contribution < -0.4 is 10.5 Å². The van der Waals surface area contributed by atoms with Crippen LogP contribution in [0.4, 0.5) is 5.95 Å². The second-order valence-electron chi connectivity index (χ2n) is 5.11. The number of halogens is 1. The molecule has 0 bridgehead atoms. The quantitative estimate of drug-likeness (QED) is 0.867. The lowest BCUT2D eigenvalue weighted by Gasteiger charge is -2.29. The van der Waals surface area contributed by atoms with Crippen LogP contribution in [0.2, 0.25) is 0 Å². The Morgan fingerprint density at radius 3 is 2.78 bits per heavy atom. The minimum Gasteiger partial charge on any atom is -0.462 e. The molecule has 0 atom stereocenters. The lowest BCUT2D eigenvalue weighted by atomic mass is 10.0. The van der Waals surface area contributed by atoms with Crippen LogP contribution in [0.5, 0.6) is 0 Å². The van der Waals surface area contributed by atoms with Gasteiger partial charge in [-0.2, -0.15) is 0 Å². The van der Waals surface area contributed by atoms with E-state index in [2.05, 4.69) is 22.1 Å². The van der Waals surface area contributed by atoms with Gasteiger partial charge in [0.25, 0.3) is 5.56 Å². The molecule has 1 N–H and O–H groups in total. The summed E-state index contributed by atoms with van der Waals surface area (Å²) < 4.78 is 4.83. The monoisotopic (exact) mass is 335 g/mol. The van der Waals surface area contributed by atoms with Crippen molar-refractivity contribution in [1.29, 1.82) is 0 Å². The Hall–Kier alpha value is -2.34. The van der Waals surface area contributed by atoms with Gasteiger partial charge in [0.15, 0.2) is 0 Å². The first-order valence-electron chi connectivity index (χ1n) is 7.27. The molecule has 1 aliphatic rings. The number of carbonyl (C=O) groups excluding carboxylic acids is 1. The molecule has 6 nitrogen and oxygen atoms in total. The van der Waals surface area contributed by atoms with Gasteiger partial charge in [0.2, 0.25) is 5.95 Å². The lowest BCUT2D eigenvalue weighted by molar-refractivity contribution is 0.0523. The van der Waals surface area contributed by atoms with E-state index in [-0.39, 0.29) is 24.6 Å². The van der Waals surface area contributed by atoms with Crippen molar-refractivity contribution in [2.24, 2.45) is 0 Å².